The van der Waals surface area contributed by atoms with Crippen LogP contribution in [0.1, 0.15) is 297 Å². The Morgan fingerprint density at radius 1 is 0.292 bits per heavy atom. The molecule has 0 spiro atoms. The van der Waals surface area contributed by atoms with Crippen molar-refractivity contribution in [3.8, 4) is 0 Å². The molecule has 6 heteroatoms. The van der Waals surface area contributed by atoms with E-state index >= 15 is 0 Å². The van der Waals surface area contributed by atoms with Gasteiger partial charge in [0.2, 0.25) is 0 Å². The van der Waals surface area contributed by atoms with Gasteiger partial charge >= 0.3 is 17.9 Å². The van der Waals surface area contributed by atoms with Gasteiger partial charge in [-0.1, -0.05) is 254 Å². The second-order valence-corrected chi connectivity index (χ2v) is 20.2. The summed E-state index contributed by atoms with van der Waals surface area (Å²) in [5, 5.41) is 0. The molecule has 72 heavy (non-hydrogen) atoms. The molecule has 0 aliphatic rings. The number of esters is 3. The molecule has 0 saturated heterocycles. The molecule has 1 atom stereocenters. The molecule has 0 aromatic heterocycles. The summed E-state index contributed by atoms with van der Waals surface area (Å²) in [7, 11) is 0. The van der Waals surface area contributed by atoms with Gasteiger partial charge in [-0.15, -0.1) is 0 Å². The van der Waals surface area contributed by atoms with E-state index in [9.17, 15) is 14.4 Å². The summed E-state index contributed by atoms with van der Waals surface area (Å²) in [5.41, 5.74) is 0. The predicted molar refractivity (Wildman–Crippen MR) is 311 cm³/mol. The minimum atomic E-state index is -0.783. The van der Waals surface area contributed by atoms with Gasteiger partial charge in [0.15, 0.2) is 6.10 Å². The number of hydrogen-bond donors (Lipinski definition) is 0. The fourth-order valence-electron chi connectivity index (χ4n) is 8.53. The summed E-state index contributed by atoms with van der Waals surface area (Å²) in [6.45, 7) is 6.45. The van der Waals surface area contributed by atoms with Crippen molar-refractivity contribution in [2.75, 3.05) is 13.2 Å². The van der Waals surface area contributed by atoms with Crippen LogP contribution in [0.3, 0.4) is 0 Å². The van der Waals surface area contributed by atoms with Crippen LogP contribution in [0.2, 0.25) is 0 Å². The van der Waals surface area contributed by atoms with Crippen molar-refractivity contribution in [2.24, 2.45) is 0 Å². The lowest BCUT2D eigenvalue weighted by Gasteiger charge is -2.18. The van der Waals surface area contributed by atoms with E-state index in [4.69, 9.17) is 14.2 Å². The molecule has 0 rings (SSSR count). The molecule has 6 nitrogen and oxygen atoms in total. The van der Waals surface area contributed by atoms with Crippen molar-refractivity contribution in [1.82, 2.24) is 0 Å². The monoisotopic (exact) mass is 1000 g/mol. The third-order valence-electron chi connectivity index (χ3n) is 13.1. The number of carbonyl (C=O) groups is 3. The summed E-state index contributed by atoms with van der Waals surface area (Å²) < 4.78 is 16.9. The van der Waals surface area contributed by atoms with E-state index in [0.717, 1.165) is 109 Å². The number of ether oxygens (including phenoxy) is 3. The highest BCUT2D eigenvalue weighted by Crippen LogP contribution is 2.16. The van der Waals surface area contributed by atoms with E-state index in [-0.39, 0.29) is 31.1 Å². The van der Waals surface area contributed by atoms with E-state index in [1.807, 2.05) is 0 Å². The van der Waals surface area contributed by atoms with Crippen LogP contribution in [-0.2, 0) is 28.6 Å². The molecule has 0 aromatic carbocycles. The Bertz CT molecular complexity index is 1380. The number of rotatable bonds is 55. The van der Waals surface area contributed by atoms with Crippen LogP contribution >= 0.6 is 0 Å². The lowest BCUT2D eigenvalue weighted by molar-refractivity contribution is -0.167. The van der Waals surface area contributed by atoms with E-state index in [2.05, 4.69) is 106 Å². The Labute approximate surface area is 445 Å². The topological polar surface area (TPSA) is 78.9 Å². The minimum Gasteiger partial charge on any atom is -0.462 e. The maximum atomic E-state index is 12.9. The van der Waals surface area contributed by atoms with Gasteiger partial charge < -0.3 is 14.2 Å². The Kier molecular flexibility index (Phi) is 57.3. The fraction of sp³-hybridized carbons (Fsp3) is 0.742. The van der Waals surface area contributed by atoms with Crippen LogP contribution in [0.4, 0.5) is 0 Å². The average molecular weight is 1000 g/mol. The molecule has 414 valence electrons. The molecule has 0 amide bonds. The Morgan fingerprint density at radius 2 is 0.569 bits per heavy atom. The van der Waals surface area contributed by atoms with Crippen LogP contribution in [0.25, 0.3) is 0 Å². The molecule has 0 radical (unpaired) electrons. The zero-order chi connectivity index (χ0) is 52.2. The molecule has 0 bridgehead atoms. The van der Waals surface area contributed by atoms with Gasteiger partial charge in [-0.25, -0.2) is 0 Å². The second-order valence-electron chi connectivity index (χ2n) is 20.2. The maximum Gasteiger partial charge on any atom is 0.306 e. The number of carbonyl (C=O) groups excluding carboxylic acids is 3. The summed E-state index contributed by atoms with van der Waals surface area (Å²) in [6, 6.07) is 0. The van der Waals surface area contributed by atoms with Crippen molar-refractivity contribution in [3.05, 3.63) is 85.1 Å². The van der Waals surface area contributed by atoms with Gasteiger partial charge in [-0.2, -0.15) is 0 Å². The lowest BCUT2D eigenvalue weighted by Crippen LogP contribution is -2.30. The highest BCUT2D eigenvalue weighted by atomic mass is 16.6. The molecular formula is C66H114O6. The first-order valence-electron chi connectivity index (χ1n) is 30.6. The van der Waals surface area contributed by atoms with Gasteiger partial charge in [0.1, 0.15) is 13.2 Å². The Morgan fingerprint density at radius 3 is 0.917 bits per heavy atom. The molecule has 0 heterocycles. The highest BCUT2D eigenvalue weighted by molar-refractivity contribution is 5.71. The van der Waals surface area contributed by atoms with Gasteiger partial charge in [0.25, 0.3) is 0 Å². The normalized spacial score (nSPS) is 12.7. The largest absolute Gasteiger partial charge is 0.462 e. The van der Waals surface area contributed by atoms with Crippen LogP contribution < -0.4 is 0 Å². The van der Waals surface area contributed by atoms with Crippen LogP contribution in [0, 0.1) is 0 Å². The average Bonchev–Trinajstić information content (AvgIpc) is 3.38. The second kappa shape index (κ2) is 60.1. The van der Waals surface area contributed by atoms with Gasteiger partial charge in [-0.3, -0.25) is 14.4 Å². The molecule has 1 unspecified atom stereocenters. The van der Waals surface area contributed by atoms with Gasteiger partial charge in [0, 0.05) is 19.3 Å². The van der Waals surface area contributed by atoms with Crippen molar-refractivity contribution in [1.29, 1.82) is 0 Å². The first-order valence-corrected chi connectivity index (χ1v) is 30.6. The molecular weight excluding hydrogens is 889 g/mol. The Hall–Kier alpha value is -3.41. The van der Waals surface area contributed by atoms with E-state index in [1.54, 1.807) is 0 Å². The summed E-state index contributed by atoms with van der Waals surface area (Å²) >= 11 is 0. The predicted octanol–water partition coefficient (Wildman–Crippen LogP) is 20.7. The minimum absolute atomic E-state index is 0.0812. The summed E-state index contributed by atoms with van der Waals surface area (Å²) in [5.74, 6) is -0.893. The third-order valence-corrected chi connectivity index (χ3v) is 13.1. The molecule has 0 N–H and O–H groups in total. The molecule has 0 aromatic rings. The van der Waals surface area contributed by atoms with Crippen LogP contribution in [0.5, 0.6) is 0 Å². The SMILES string of the molecule is CC/C=C\C/C=C\C/C=C\C/C=C\CCCCCCCCCCCCCCCCC(=O)OCC(COC(=O)CCCCCCC/C=C\CCC)OC(=O)CCCCCCCCC/C=C\C/C=C\CCCCC. The number of hydrogen-bond acceptors (Lipinski definition) is 6. The molecule has 0 fully saturated rings. The number of unbranched alkanes of at least 4 members (excludes halogenated alkanes) is 30. The van der Waals surface area contributed by atoms with Crippen molar-refractivity contribution in [2.45, 2.75) is 303 Å². The van der Waals surface area contributed by atoms with E-state index in [0.29, 0.717) is 19.3 Å². The summed E-state index contributed by atoms with van der Waals surface area (Å²) in [4.78, 5) is 38.1. The van der Waals surface area contributed by atoms with Crippen LogP contribution in [0.15, 0.2) is 85.1 Å². The fourth-order valence-corrected chi connectivity index (χ4v) is 8.53. The third kappa shape index (κ3) is 57.5. The lowest BCUT2D eigenvalue weighted by atomic mass is 10.0. The van der Waals surface area contributed by atoms with Gasteiger partial charge in [0.05, 0.1) is 0 Å². The maximum absolute atomic E-state index is 12.9. The van der Waals surface area contributed by atoms with E-state index in [1.165, 1.54) is 148 Å². The molecule has 0 aliphatic carbocycles. The standard InChI is InChI=1S/C66H114O6/c1-4-7-10-13-16-19-22-24-26-28-29-30-31-32-33-34-35-36-37-39-40-42-44-47-50-53-56-59-65(68)71-62-63(61-70-64(67)58-55-52-49-46-21-18-15-12-9-6-3)72-66(69)60-57-54-51-48-45-43-41-38-27-25-23-20-17-14-11-8-5-2/h7,10,12,15-17,19-20,24-27,29-30,63H,4-6,8-9,11,13-14,18,21-23,28,31-62H2,1-3H3/b10-7-,15-12-,19-16-,20-17-,26-24-,27-25-,30-29-. The Balaban J connectivity index is 4.21. The van der Waals surface area contributed by atoms with E-state index < -0.39 is 6.10 Å². The highest BCUT2D eigenvalue weighted by Gasteiger charge is 2.19. The molecule has 0 saturated carbocycles. The van der Waals surface area contributed by atoms with Crippen LogP contribution in [-0.4, -0.2) is 37.2 Å². The molecule has 0 aliphatic heterocycles. The van der Waals surface area contributed by atoms with Gasteiger partial charge in [-0.05, 0) is 109 Å². The zero-order valence-corrected chi connectivity index (χ0v) is 47.4. The first kappa shape index (κ1) is 68.6. The summed E-state index contributed by atoms with van der Waals surface area (Å²) in [6.07, 6.45) is 78.8. The zero-order valence-electron chi connectivity index (χ0n) is 47.4. The van der Waals surface area contributed by atoms with Crippen molar-refractivity contribution in [3.63, 3.8) is 0 Å². The van der Waals surface area contributed by atoms with Crippen molar-refractivity contribution >= 4 is 17.9 Å². The first-order chi connectivity index (χ1) is 35.5. The quantitative estimate of drug-likeness (QED) is 0.0261. The smallest absolute Gasteiger partial charge is 0.306 e. The van der Waals surface area contributed by atoms with Crippen molar-refractivity contribution < 1.29 is 28.6 Å². The number of allylic oxidation sites excluding steroid dienone is 14.